The summed E-state index contributed by atoms with van der Waals surface area (Å²) in [6, 6.07) is 48.4. The molecule has 8 rings (SSSR count). The third-order valence-corrected chi connectivity index (χ3v) is 10.2. The number of hydrogen-bond acceptors (Lipinski definition) is 10. The van der Waals surface area contributed by atoms with Gasteiger partial charge in [-0.3, -0.25) is 14.7 Å². The van der Waals surface area contributed by atoms with Gasteiger partial charge in [-0.05, 0) is 47.4 Å². The predicted octanol–water partition coefficient (Wildman–Crippen LogP) is 8.19. The summed E-state index contributed by atoms with van der Waals surface area (Å²) in [6.07, 6.45) is -0.113. The second-order valence-electron chi connectivity index (χ2n) is 14.2. The lowest BCUT2D eigenvalue weighted by Crippen LogP contribution is -2.38. The second-order valence-corrected chi connectivity index (χ2v) is 14.2. The first-order valence-corrected chi connectivity index (χ1v) is 19.8. The molecule has 0 radical (unpaired) electrons. The highest BCUT2D eigenvalue weighted by atomic mass is 16.6. The van der Waals surface area contributed by atoms with Gasteiger partial charge in [0.2, 0.25) is 11.9 Å². The van der Waals surface area contributed by atoms with E-state index in [4.69, 9.17) is 18.9 Å². The summed E-state index contributed by atoms with van der Waals surface area (Å²) in [5.41, 5.74) is 3.40. The monoisotopic (exact) mass is 804 g/mol. The van der Waals surface area contributed by atoms with Crippen LogP contribution in [-0.4, -0.2) is 68.7 Å². The Labute approximate surface area is 347 Å². The van der Waals surface area contributed by atoms with Crippen molar-refractivity contribution in [3.05, 3.63) is 175 Å². The maximum Gasteiger partial charge on any atom is 0.425 e. The molecule has 2 N–H and O–H groups in total. The van der Waals surface area contributed by atoms with Crippen molar-refractivity contribution in [1.82, 2.24) is 19.5 Å². The lowest BCUT2D eigenvalue weighted by Gasteiger charge is -2.37. The molecule has 13 nitrogen and oxygen atoms in total. The van der Waals surface area contributed by atoms with Gasteiger partial charge >= 0.3 is 6.09 Å². The highest BCUT2D eigenvalue weighted by molar-refractivity contribution is 5.98. The van der Waals surface area contributed by atoms with Crippen molar-refractivity contribution in [2.75, 3.05) is 30.0 Å². The molecule has 13 heteroatoms. The Morgan fingerprint density at radius 3 is 1.85 bits per heavy atom. The Morgan fingerprint density at radius 1 is 0.800 bits per heavy atom. The summed E-state index contributed by atoms with van der Waals surface area (Å²) in [6.45, 7) is 1.73. The normalized spacial score (nSPS) is 16.4. The molecule has 0 bridgehead atoms. The van der Waals surface area contributed by atoms with Crippen LogP contribution in [-0.2, 0) is 24.6 Å². The van der Waals surface area contributed by atoms with E-state index in [9.17, 15) is 14.7 Å². The molecule has 1 aliphatic rings. The first-order chi connectivity index (χ1) is 29.4. The van der Waals surface area contributed by atoms with E-state index in [0.29, 0.717) is 30.8 Å². The van der Waals surface area contributed by atoms with E-state index in [2.05, 4.69) is 56.7 Å². The maximum absolute atomic E-state index is 14.1. The van der Waals surface area contributed by atoms with Crippen LogP contribution in [0.3, 0.4) is 0 Å². The number of hydrogen-bond donors (Lipinski definition) is 2. The quantitative estimate of drug-likeness (QED) is 0.0767. The molecular formula is C47H44N6O7. The maximum atomic E-state index is 14.1. The minimum atomic E-state index is -1.00. The van der Waals surface area contributed by atoms with Crippen LogP contribution in [0, 0.1) is 0 Å². The molecule has 5 aromatic carbocycles. The minimum absolute atomic E-state index is 0.0280. The number of benzene rings is 5. The molecule has 60 heavy (non-hydrogen) atoms. The molecule has 2 amide bonds. The lowest BCUT2D eigenvalue weighted by molar-refractivity contribution is -0.114. The molecule has 1 fully saturated rings. The summed E-state index contributed by atoms with van der Waals surface area (Å²) in [5, 5.41) is 12.3. The summed E-state index contributed by atoms with van der Waals surface area (Å²) in [7, 11) is 0. The van der Waals surface area contributed by atoms with Gasteiger partial charge in [0.25, 0.3) is 5.88 Å². The van der Waals surface area contributed by atoms with Crippen molar-refractivity contribution in [2.45, 2.75) is 43.8 Å². The molecule has 0 spiro atoms. The van der Waals surface area contributed by atoms with Crippen LogP contribution in [0.15, 0.2) is 158 Å². The highest BCUT2D eigenvalue weighted by Gasteiger charge is 2.43. The Hall–Kier alpha value is -6.77. The van der Waals surface area contributed by atoms with E-state index in [1.54, 1.807) is 35.2 Å². The SMILES string of the molecule is CC(=O)Nc1nc(OC(=O)N(c2ccccc2)c2ccccc2)c2ncn(C3CC(OCCCO)C(COC(c4ccccc4)(c4ccccc4)c4ccccc4)O3)c2n1. The molecule has 7 aromatic rings. The number of carbonyl (C=O) groups excluding carboxylic acids is 2. The van der Waals surface area contributed by atoms with Crippen LogP contribution in [0.2, 0.25) is 0 Å². The smallest absolute Gasteiger partial charge is 0.396 e. The van der Waals surface area contributed by atoms with Crippen LogP contribution in [0.4, 0.5) is 22.1 Å². The molecule has 304 valence electrons. The first-order valence-electron chi connectivity index (χ1n) is 19.8. The van der Waals surface area contributed by atoms with Crippen LogP contribution in [0.5, 0.6) is 5.88 Å². The fourth-order valence-corrected chi connectivity index (χ4v) is 7.50. The fourth-order valence-electron chi connectivity index (χ4n) is 7.50. The molecule has 1 aliphatic heterocycles. The Balaban J connectivity index is 1.14. The second kappa shape index (κ2) is 18.4. The molecule has 3 atom stereocenters. The van der Waals surface area contributed by atoms with Gasteiger partial charge in [-0.1, -0.05) is 127 Å². The number of nitrogens with zero attached hydrogens (tertiary/aromatic N) is 5. The summed E-state index contributed by atoms with van der Waals surface area (Å²) in [4.78, 5) is 41.5. The van der Waals surface area contributed by atoms with E-state index >= 15 is 0 Å². The molecule has 3 unspecified atom stereocenters. The average Bonchev–Trinajstić information content (AvgIpc) is 3.90. The summed E-state index contributed by atoms with van der Waals surface area (Å²) in [5.74, 6) is -0.660. The minimum Gasteiger partial charge on any atom is -0.396 e. The zero-order valence-electron chi connectivity index (χ0n) is 32.9. The predicted molar refractivity (Wildman–Crippen MR) is 226 cm³/mol. The Morgan fingerprint density at radius 2 is 1.33 bits per heavy atom. The van der Waals surface area contributed by atoms with E-state index in [1.165, 1.54) is 11.8 Å². The Bertz CT molecular complexity index is 2360. The third-order valence-electron chi connectivity index (χ3n) is 10.2. The summed E-state index contributed by atoms with van der Waals surface area (Å²) >= 11 is 0. The number of aromatic nitrogens is 4. The van der Waals surface area contributed by atoms with Gasteiger partial charge in [-0.2, -0.15) is 9.97 Å². The van der Waals surface area contributed by atoms with Gasteiger partial charge in [0.1, 0.15) is 17.9 Å². The molecule has 3 heterocycles. The number of ether oxygens (including phenoxy) is 4. The van der Waals surface area contributed by atoms with Gasteiger partial charge in [-0.25, -0.2) is 14.7 Å². The number of carbonyl (C=O) groups is 2. The zero-order valence-corrected chi connectivity index (χ0v) is 32.9. The number of imidazole rings is 1. The van der Waals surface area contributed by atoms with E-state index in [-0.39, 0.29) is 36.2 Å². The number of anilines is 3. The van der Waals surface area contributed by atoms with Crippen molar-refractivity contribution in [2.24, 2.45) is 0 Å². The molecule has 2 aromatic heterocycles. The van der Waals surface area contributed by atoms with E-state index < -0.39 is 36.0 Å². The van der Waals surface area contributed by atoms with Gasteiger partial charge in [-0.15, -0.1) is 0 Å². The molecule has 1 saturated heterocycles. The van der Waals surface area contributed by atoms with Crippen molar-refractivity contribution in [3.8, 4) is 5.88 Å². The number of nitrogens with one attached hydrogen (secondary N) is 1. The van der Waals surface area contributed by atoms with Gasteiger partial charge in [0.05, 0.1) is 30.4 Å². The van der Waals surface area contributed by atoms with Gasteiger partial charge in [0, 0.05) is 26.6 Å². The van der Waals surface area contributed by atoms with Crippen molar-refractivity contribution in [3.63, 3.8) is 0 Å². The molecular weight excluding hydrogens is 761 g/mol. The first kappa shape index (κ1) is 40.0. The van der Waals surface area contributed by atoms with Crippen LogP contribution >= 0.6 is 0 Å². The molecule has 0 saturated carbocycles. The van der Waals surface area contributed by atoms with Crippen molar-refractivity contribution in [1.29, 1.82) is 0 Å². The topological polar surface area (TPSA) is 150 Å². The van der Waals surface area contributed by atoms with Crippen molar-refractivity contribution < 1.29 is 33.6 Å². The Kier molecular flexibility index (Phi) is 12.3. The number of fused-ring (bicyclic) bond motifs is 1. The van der Waals surface area contributed by atoms with Crippen molar-refractivity contribution >= 4 is 40.5 Å². The number of aliphatic hydroxyl groups is 1. The van der Waals surface area contributed by atoms with Gasteiger partial charge in [0.15, 0.2) is 11.2 Å². The number of amides is 2. The van der Waals surface area contributed by atoms with E-state index in [0.717, 1.165) is 16.7 Å². The summed E-state index contributed by atoms with van der Waals surface area (Å²) < 4.78 is 28.1. The number of rotatable bonds is 15. The lowest BCUT2D eigenvalue weighted by atomic mass is 9.80. The largest absolute Gasteiger partial charge is 0.425 e. The third kappa shape index (κ3) is 8.51. The fraction of sp³-hybridized carbons (Fsp3) is 0.213. The van der Waals surface area contributed by atoms with Crippen LogP contribution in [0.1, 0.15) is 42.7 Å². The van der Waals surface area contributed by atoms with Crippen LogP contribution in [0.25, 0.3) is 11.2 Å². The zero-order chi connectivity index (χ0) is 41.3. The average molecular weight is 805 g/mol. The number of para-hydroxylation sites is 2. The number of aliphatic hydroxyl groups excluding tert-OH is 1. The van der Waals surface area contributed by atoms with E-state index in [1.807, 2.05) is 91.0 Å². The highest BCUT2D eigenvalue weighted by Crippen LogP contribution is 2.42. The van der Waals surface area contributed by atoms with Gasteiger partial charge < -0.3 is 24.1 Å². The van der Waals surface area contributed by atoms with Crippen LogP contribution < -0.4 is 15.0 Å². The standard InChI is InChI=1S/C47H44N6O7/c1-33(55)49-45-50-43-42(44(51-45)60-46(56)53(37-24-13-5-14-25-37)38-26-15-6-16-27-38)48-32-52(43)41-30-39(57-29-17-28-54)40(59-41)31-58-47(34-18-7-2-8-19-34,35-20-9-3-10-21-35)36-22-11-4-12-23-36/h2-16,18-27,32,39-41,54H,17,28-31H2,1H3,(H,49,50,51,55). The molecule has 0 aliphatic carbocycles.